The van der Waals surface area contributed by atoms with Crippen LogP contribution in [-0.4, -0.2) is 41.9 Å². The first-order valence-electron chi connectivity index (χ1n) is 6.53. The van der Waals surface area contributed by atoms with Crippen molar-refractivity contribution >= 4 is 34.1 Å². The van der Waals surface area contributed by atoms with E-state index in [2.05, 4.69) is 4.98 Å². The van der Waals surface area contributed by atoms with Crippen molar-refractivity contribution in [3.8, 4) is 0 Å². The van der Waals surface area contributed by atoms with E-state index >= 15 is 0 Å². The molecule has 1 fully saturated rings. The smallest absolute Gasteiger partial charge is 0.336 e. The van der Waals surface area contributed by atoms with Crippen LogP contribution in [0.1, 0.15) is 26.0 Å². The first-order chi connectivity index (χ1) is 10.0. The second-order valence-electron chi connectivity index (χ2n) is 4.53. The van der Waals surface area contributed by atoms with Crippen molar-refractivity contribution < 1.29 is 23.9 Å². The Hall–Kier alpha value is -1.80. The summed E-state index contributed by atoms with van der Waals surface area (Å²) in [5, 5.41) is 2.30. The molecule has 0 aromatic carbocycles. The van der Waals surface area contributed by atoms with Gasteiger partial charge in [-0.25, -0.2) is 9.78 Å². The summed E-state index contributed by atoms with van der Waals surface area (Å²) in [5.41, 5.74) is 0.562. The largest absolute Gasteiger partial charge is 0.457 e. The number of hydrogen-bond donors (Lipinski definition) is 0. The molecule has 1 atom stereocenters. The number of anilines is 1. The standard InChI is InChI=1S/C13H16N2O5S/c1-3-15(8(2)16)13-14-9(7-21-13)5-20-12(18)11-4-10(17)6-19-11/h7,11H,3-6H2,1-2H3. The maximum absolute atomic E-state index is 11.7. The Balaban J connectivity index is 1.89. The lowest BCUT2D eigenvalue weighted by atomic mass is 10.2. The van der Waals surface area contributed by atoms with E-state index in [9.17, 15) is 14.4 Å². The molecule has 1 aromatic rings. The summed E-state index contributed by atoms with van der Waals surface area (Å²) in [6, 6.07) is 0. The molecular formula is C13H16N2O5S. The van der Waals surface area contributed by atoms with Crippen molar-refractivity contribution in [2.75, 3.05) is 18.1 Å². The summed E-state index contributed by atoms with van der Waals surface area (Å²) in [6.07, 6.45) is -0.741. The molecule has 1 amide bonds. The quantitative estimate of drug-likeness (QED) is 0.751. The van der Waals surface area contributed by atoms with Crippen molar-refractivity contribution in [3.63, 3.8) is 0 Å². The van der Waals surface area contributed by atoms with Gasteiger partial charge in [0, 0.05) is 25.3 Å². The summed E-state index contributed by atoms with van der Waals surface area (Å²) >= 11 is 1.31. The van der Waals surface area contributed by atoms with Crippen LogP contribution in [0.5, 0.6) is 0 Å². The van der Waals surface area contributed by atoms with Gasteiger partial charge in [0.05, 0.1) is 5.69 Å². The summed E-state index contributed by atoms with van der Waals surface area (Å²) in [7, 11) is 0. The molecule has 1 aromatic heterocycles. The Morgan fingerprint density at radius 1 is 1.57 bits per heavy atom. The number of aromatic nitrogens is 1. The molecule has 2 rings (SSSR count). The van der Waals surface area contributed by atoms with Crippen LogP contribution >= 0.6 is 11.3 Å². The van der Waals surface area contributed by atoms with E-state index in [4.69, 9.17) is 9.47 Å². The lowest BCUT2D eigenvalue weighted by molar-refractivity contribution is -0.155. The fourth-order valence-electron chi connectivity index (χ4n) is 1.89. The van der Waals surface area contributed by atoms with E-state index in [0.29, 0.717) is 17.4 Å². The molecule has 7 nitrogen and oxygen atoms in total. The molecule has 21 heavy (non-hydrogen) atoms. The predicted octanol–water partition coefficient (Wildman–Crippen LogP) is 0.917. The third-order valence-electron chi connectivity index (χ3n) is 2.95. The highest BCUT2D eigenvalue weighted by atomic mass is 32.1. The highest BCUT2D eigenvalue weighted by molar-refractivity contribution is 7.14. The second kappa shape index (κ2) is 6.77. The molecule has 1 unspecified atom stereocenters. The number of amides is 1. The number of rotatable bonds is 5. The minimum absolute atomic E-state index is 0.00115. The van der Waals surface area contributed by atoms with Gasteiger partial charge in [-0.3, -0.25) is 14.5 Å². The summed E-state index contributed by atoms with van der Waals surface area (Å²) in [4.78, 5) is 39.9. The van der Waals surface area contributed by atoms with Crippen molar-refractivity contribution in [2.24, 2.45) is 0 Å². The van der Waals surface area contributed by atoms with Gasteiger partial charge in [0.15, 0.2) is 17.0 Å². The molecule has 0 radical (unpaired) electrons. The van der Waals surface area contributed by atoms with Gasteiger partial charge in [-0.2, -0.15) is 0 Å². The van der Waals surface area contributed by atoms with E-state index in [1.165, 1.54) is 23.2 Å². The summed E-state index contributed by atoms with van der Waals surface area (Å²) < 4.78 is 10.1. The van der Waals surface area contributed by atoms with Gasteiger partial charge in [-0.05, 0) is 6.92 Å². The van der Waals surface area contributed by atoms with Gasteiger partial charge in [0.25, 0.3) is 0 Å². The van der Waals surface area contributed by atoms with Gasteiger partial charge in [-0.1, -0.05) is 0 Å². The number of ketones is 1. The van der Waals surface area contributed by atoms with Gasteiger partial charge in [0.2, 0.25) is 5.91 Å². The van der Waals surface area contributed by atoms with E-state index in [-0.39, 0.29) is 31.3 Å². The van der Waals surface area contributed by atoms with Crippen molar-refractivity contribution in [2.45, 2.75) is 33.0 Å². The van der Waals surface area contributed by atoms with Crippen LogP contribution in [0.15, 0.2) is 5.38 Å². The Morgan fingerprint density at radius 3 is 2.90 bits per heavy atom. The minimum atomic E-state index is -0.806. The van der Waals surface area contributed by atoms with E-state index in [1.807, 2.05) is 6.92 Å². The van der Waals surface area contributed by atoms with Crippen LogP contribution in [0, 0.1) is 0 Å². The number of carbonyl (C=O) groups is 3. The zero-order chi connectivity index (χ0) is 15.4. The maximum Gasteiger partial charge on any atom is 0.336 e. The SMILES string of the molecule is CCN(C(C)=O)c1nc(COC(=O)C2CC(=O)CO2)cs1. The van der Waals surface area contributed by atoms with E-state index in [0.717, 1.165) is 0 Å². The van der Waals surface area contributed by atoms with Crippen LogP contribution < -0.4 is 4.90 Å². The molecule has 1 aliphatic heterocycles. The number of nitrogens with zero attached hydrogens (tertiary/aromatic N) is 2. The number of Topliss-reactive ketones (excluding diaryl/α,β-unsaturated/α-hetero) is 1. The fraction of sp³-hybridized carbons (Fsp3) is 0.538. The number of ether oxygens (including phenoxy) is 2. The summed E-state index contributed by atoms with van der Waals surface area (Å²) in [5.74, 6) is -0.754. The molecule has 0 aliphatic carbocycles. The first-order valence-corrected chi connectivity index (χ1v) is 7.41. The molecule has 0 spiro atoms. The lowest BCUT2D eigenvalue weighted by Crippen LogP contribution is -2.27. The van der Waals surface area contributed by atoms with E-state index in [1.54, 1.807) is 5.38 Å². The van der Waals surface area contributed by atoms with Crippen molar-refractivity contribution in [1.82, 2.24) is 4.98 Å². The Morgan fingerprint density at radius 2 is 2.33 bits per heavy atom. The number of carbonyl (C=O) groups excluding carboxylic acids is 3. The van der Waals surface area contributed by atoms with Crippen LogP contribution in [0.4, 0.5) is 5.13 Å². The van der Waals surface area contributed by atoms with Gasteiger partial charge in [-0.15, -0.1) is 11.3 Å². The fourth-order valence-corrected chi connectivity index (χ4v) is 2.80. The average Bonchev–Trinajstić information content (AvgIpc) is 3.06. The normalized spacial score (nSPS) is 17.8. The van der Waals surface area contributed by atoms with Crippen LogP contribution in [0.3, 0.4) is 0 Å². The highest BCUT2D eigenvalue weighted by Crippen LogP contribution is 2.21. The molecular weight excluding hydrogens is 296 g/mol. The molecule has 1 saturated heterocycles. The molecule has 1 aliphatic rings. The highest BCUT2D eigenvalue weighted by Gasteiger charge is 2.30. The first kappa shape index (κ1) is 15.6. The van der Waals surface area contributed by atoms with Gasteiger partial charge < -0.3 is 9.47 Å². The van der Waals surface area contributed by atoms with Crippen molar-refractivity contribution in [3.05, 3.63) is 11.1 Å². The number of thiazole rings is 1. The second-order valence-corrected chi connectivity index (χ2v) is 5.37. The van der Waals surface area contributed by atoms with Gasteiger partial charge >= 0.3 is 5.97 Å². The Bertz CT molecular complexity index is 557. The van der Waals surface area contributed by atoms with E-state index < -0.39 is 12.1 Å². The third kappa shape index (κ3) is 3.85. The Labute approximate surface area is 125 Å². The monoisotopic (exact) mass is 312 g/mol. The molecule has 114 valence electrons. The summed E-state index contributed by atoms with van der Waals surface area (Å²) in [6.45, 7) is 3.82. The predicted molar refractivity (Wildman–Crippen MR) is 75.0 cm³/mol. The maximum atomic E-state index is 11.7. The van der Waals surface area contributed by atoms with Crippen molar-refractivity contribution in [1.29, 1.82) is 0 Å². The zero-order valence-corrected chi connectivity index (χ0v) is 12.6. The molecule has 2 heterocycles. The number of hydrogen-bond acceptors (Lipinski definition) is 7. The minimum Gasteiger partial charge on any atom is -0.457 e. The Kier molecular flexibility index (Phi) is 5.03. The zero-order valence-electron chi connectivity index (χ0n) is 11.8. The lowest BCUT2D eigenvalue weighted by Gasteiger charge is -2.14. The number of esters is 1. The third-order valence-corrected chi connectivity index (χ3v) is 3.86. The topological polar surface area (TPSA) is 85.8 Å². The molecule has 8 heteroatoms. The van der Waals surface area contributed by atoms with Gasteiger partial charge in [0.1, 0.15) is 13.2 Å². The van der Waals surface area contributed by atoms with Crippen LogP contribution in [0.2, 0.25) is 0 Å². The molecule has 0 bridgehead atoms. The molecule has 0 N–H and O–H groups in total. The molecule has 0 saturated carbocycles. The van der Waals surface area contributed by atoms with Crippen LogP contribution in [-0.2, 0) is 30.5 Å². The average molecular weight is 312 g/mol. The van der Waals surface area contributed by atoms with Crippen LogP contribution in [0.25, 0.3) is 0 Å².